The molecule has 1 aliphatic heterocycles. The number of urea groups is 1. The zero-order chi connectivity index (χ0) is 14.5. The Morgan fingerprint density at radius 3 is 3.00 bits per heavy atom. The molecule has 1 aromatic heterocycles. The first-order valence-electron chi connectivity index (χ1n) is 6.37. The van der Waals surface area contributed by atoms with Crippen LogP contribution < -0.4 is 10.6 Å². The lowest BCUT2D eigenvalue weighted by Crippen LogP contribution is -2.39. The molecule has 3 N–H and O–H groups in total. The molecule has 6 nitrogen and oxygen atoms in total. The SMILES string of the molecule is CC(NC(=O)NCC1CCSC1)c1nc(C(=O)O)cs1. The molecule has 2 atom stereocenters. The lowest BCUT2D eigenvalue weighted by molar-refractivity contribution is 0.0691. The number of thiazole rings is 1. The third-order valence-electron chi connectivity index (χ3n) is 3.03. The van der Waals surface area contributed by atoms with Gasteiger partial charge in [-0.1, -0.05) is 0 Å². The molecule has 0 saturated carbocycles. The minimum atomic E-state index is -1.05. The van der Waals surface area contributed by atoms with Crippen molar-refractivity contribution in [1.82, 2.24) is 15.6 Å². The largest absolute Gasteiger partial charge is 0.476 e. The number of aromatic carboxylic acids is 1. The lowest BCUT2D eigenvalue weighted by atomic mass is 10.1. The molecule has 2 unspecified atom stereocenters. The molecule has 1 aliphatic rings. The van der Waals surface area contributed by atoms with Gasteiger partial charge in [0, 0.05) is 11.9 Å². The van der Waals surface area contributed by atoms with Crippen LogP contribution in [-0.2, 0) is 0 Å². The maximum atomic E-state index is 11.8. The van der Waals surface area contributed by atoms with Crippen LogP contribution in [-0.4, -0.2) is 40.1 Å². The normalized spacial score (nSPS) is 19.6. The summed E-state index contributed by atoms with van der Waals surface area (Å²) >= 11 is 3.15. The van der Waals surface area contributed by atoms with Gasteiger partial charge >= 0.3 is 12.0 Å². The minimum Gasteiger partial charge on any atom is -0.476 e. The number of nitrogens with one attached hydrogen (secondary N) is 2. The number of thioether (sulfide) groups is 1. The van der Waals surface area contributed by atoms with Crippen molar-refractivity contribution in [2.45, 2.75) is 19.4 Å². The first-order valence-corrected chi connectivity index (χ1v) is 8.40. The van der Waals surface area contributed by atoms with Gasteiger partial charge in [0.2, 0.25) is 0 Å². The second kappa shape index (κ2) is 6.94. The number of carbonyl (C=O) groups excluding carboxylic acids is 1. The van der Waals surface area contributed by atoms with E-state index in [0.717, 1.165) is 12.2 Å². The average Bonchev–Trinajstić information content (AvgIpc) is 3.07. The smallest absolute Gasteiger partial charge is 0.355 e. The molecule has 0 bridgehead atoms. The van der Waals surface area contributed by atoms with E-state index in [4.69, 9.17) is 5.11 Å². The number of nitrogens with zero attached hydrogens (tertiary/aromatic N) is 1. The van der Waals surface area contributed by atoms with Gasteiger partial charge in [-0.15, -0.1) is 11.3 Å². The fourth-order valence-corrected chi connectivity index (χ4v) is 3.96. The van der Waals surface area contributed by atoms with Crippen LogP contribution in [0.1, 0.15) is 34.9 Å². The second-order valence-corrected chi connectivity index (χ2v) is 6.72. The number of aromatic nitrogens is 1. The van der Waals surface area contributed by atoms with Gasteiger partial charge in [0.25, 0.3) is 0 Å². The molecule has 1 saturated heterocycles. The summed E-state index contributed by atoms with van der Waals surface area (Å²) in [5.41, 5.74) is 0.0158. The van der Waals surface area contributed by atoms with Crippen LogP contribution in [0.3, 0.4) is 0 Å². The standard InChI is InChI=1S/C12H17N3O3S2/c1-7(10-15-9(6-20-10)11(16)17)14-12(18)13-4-8-2-3-19-5-8/h6-8H,2-5H2,1H3,(H,16,17)(H2,13,14,18). The highest BCUT2D eigenvalue weighted by atomic mass is 32.2. The maximum absolute atomic E-state index is 11.8. The fraction of sp³-hybridized carbons (Fsp3) is 0.583. The summed E-state index contributed by atoms with van der Waals surface area (Å²) in [6.07, 6.45) is 1.15. The molecule has 2 amide bonds. The van der Waals surface area contributed by atoms with Gasteiger partial charge in [-0.25, -0.2) is 14.6 Å². The van der Waals surface area contributed by atoms with Crippen molar-refractivity contribution >= 4 is 35.1 Å². The molecule has 8 heteroatoms. The van der Waals surface area contributed by atoms with Gasteiger partial charge in [0.15, 0.2) is 5.69 Å². The highest BCUT2D eigenvalue weighted by Gasteiger charge is 2.18. The highest BCUT2D eigenvalue weighted by Crippen LogP contribution is 2.22. The quantitative estimate of drug-likeness (QED) is 0.772. The third kappa shape index (κ3) is 4.11. The molecule has 0 spiro atoms. The van der Waals surface area contributed by atoms with Crippen molar-refractivity contribution in [2.75, 3.05) is 18.1 Å². The number of carboxylic acid groups (broad SMARTS) is 1. The van der Waals surface area contributed by atoms with E-state index in [1.165, 1.54) is 22.5 Å². The number of carbonyl (C=O) groups is 2. The van der Waals surface area contributed by atoms with Gasteiger partial charge in [0.1, 0.15) is 5.01 Å². The highest BCUT2D eigenvalue weighted by molar-refractivity contribution is 7.99. The van der Waals surface area contributed by atoms with E-state index < -0.39 is 5.97 Å². The summed E-state index contributed by atoms with van der Waals surface area (Å²) in [5, 5.41) is 16.5. The summed E-state index contributed by atoms with van der Waals surface area (Å²) in [6.45, 7) is 2.47. The van der Waals surface area contributed by atoms with Crippen LogP contribution in [0.2, 0.25) is 0 Å². The van der Waals surface area contributed by atoms with E-state index in [9.17, 15) is 9.59 Å². The van der Waals surface area contributed by atoms with E-state index in [2.05, 4.69) is 15.6 Å². The molecular formula is C12H17N3O3S2. The Morgan fingerprint density at radius 2 is 2.40 bits per heavy atom. The minimum absolute atomic E-state index is 0.0158. The van der Waals surface area contributed by atoms with Crippen LogP contribution >= 0.6 is 23.1 Å². The summed E-state index contributed by atoms with van der Waals surface area (Å²) < 4.78 is 0. The van der Waals surface area contributed by atoms with Gasteiger partial charge in [0.05, 0.1) is 6.04 Å². The number of carboxylic acids is 1. The van der Waals surface area contributed by atoms with Crippen LogP contribution in [0.5, 0.6) is 0 Å². The van der Waals surface area contributed by atoms with E-state index in [1.54, 1.807) is 6.92 Å². The molecule has 1 aromatic rings. The first kappa shape index (κ1) is 15.1. The Morgan fingerprint density at radius 1 is 1.60 bits per heavy atom. The van der Waals surface area contributed by atoms with Gasteiger partial charge in [-0.3, -0.25) is 0 Å². The second-order valence-electron chi connectivity index (χ2n) is 4.68. The van der Waals surface area contributed by atoms with Gasteiger partial charge < -0.3 is 15.7 Å². The van der Waals surface area contributed by atoms with Crippen molar-refractivity contribution in [3.05, 3.63) is 16.1 Å². The third-order valence-corrected chi connectivity index (χ3v) is 5.29. The van der Waals surface area contributed by atoms with Crippen molar-refractivity contribution in [2.24, 2.45) is 5.92 Å². The fourth-order valence-electron chi connectivity index (χ4n) is 1.88. The topological polar surface area (TPSA) is 91.3 Å². The first-order chi connectivity index (χ1) is 9.56. The Hall–Kier alpha value is -1.28. The van der Waals surface area contributed by atoms with Crippen molar-refractivity contribution in [1.29, 1.82) is 0 Å². The summed E-state index contributed by atoms with van der Waals surface area (Å²) in [6, 6.07) is -0.535. The summed E-state index contributed by atoms with van der Waals surface area (Å²) in [7, 11) is 0. The number of rotatable bonds is 5. The molecule has 0 radical (unpaired) electrons. The Bertz CT molecular complexity index is 486. The Balaban J connectivity index is 1.78. The molecule has 2 heterocycles. The van der Waals surface area contributed by atoms with Gasteiger partial charge in [-0.05, 0) is 30.8 Å². The van der Waals surface area contributed by atoms with Crippen LogP contribution in [0.25, 0.3) is 0 Å². The summed E-state index contributed by atoms with van der Waals surface area (Å²) in [5.74, 6) is 1.77. The van der Waals surface area contributed by atoms with Gasteiger partial charge in [-0.2, -0.15) is 11.8 Å². The molecule has 20 heavy (non-hydrogen) atoms. The molecule has 0 aliphatic carbocycles. The maximum Gasteiger partial charge on any atom is 0.355 e. The van der Waals surface area contributed by atoms with E-state index >= 15 is 0 Å². The van der Waals surface area contributed by atoms with Crippen LogP contribution in [0.4, 0.5) is 4.79 Å². The van der Waals surface area contributed by atoms with Crippen molar-refractivity contribution in [3.8, 4) is 0 Å². The molecule has 0 aromatic carbocycles. The Kier molecular flexibility index (Phi) is 5.24. The van der Waals surface area contributed by atoms with Crippen molar-refractivity contribution < 1.29 is 14.7 Å². The number of hydrogen-bond acceptors (Lipinski definition) is 5. The summed E-state index contributed by atoms with van der Waals surface area (Å²) in [4.78, 5) is 26.5. The predicted octanol–water partition coefficient (Wildman–Crippen LogP) is 1.95. The van der Waals surface area contributed by atoms with Crippen molar-refractivity contribution in [3.63, 3.8) is 0 Å². The van der Waals surface area contributed by atoms with Crippen LogP contribution in [0.15, 0.2) is 5.38 Å². The molecule has 1 fully saturated rings. The molecular weight excluding hydrogens is 298 g/mol. The van der Waals surface area contributed by atoms with E-state index in [1.807, 2.05) is 11.8 Å². The molecule has 110 valence electrons. The average molecular weight is 315 g/mol. The zero-order valence-corrected chi connectivity index (χ0v) is 12.7. The monoisotopic (exact) mass is 315 g/mol. The lowest BCUT2D eigenvalue weighted by Gasteiger charge is -2.14. The number of hydrogen-bond donors (Lipinski definition) is 3. The van der Waals surface area contributed by atoms with E-state index in [0.29, 0.717) is 17.5 Å². The molecule has 2 rings (SSSR count). The Labute approximate surface area is 125 Å². The predicted molar refractivity (Wildman–Crippen MR) is 79.5 cm³/mol. The zero-order valence-electron chi connectivity index (χ0n) is 11.1. The van der Waals surface area contributed by atoms with Crippen LogP contribution in [0, 0.1) is 5.92 Å². The number of amides is 2. The van der Waals surface area contributed by atoms with E-state index in [-0.39, 0.29) is 17.8 Å².